The Kier molecular flexibility index (Phi) is 2.87. The highest BCUT2D eigenvalue weighted by Gasteiger charge is 2.53. The predicted molar refractivity (Wildman–Crippen MR) is 67.3 cm³/mol. The molecule has 0 aromatic heterocycles. The number of nitrogens with two attached hydrogens (primary N) is 1. The van der Waals surface area contributed by atoms with Gasteiger partial charge in [0.05, 0.1) is 5.60 Å². The third-order valence-corrected chi connectivity index (χ3v) is 4.40. The summed E-state index contributed by atoms with van der Waals surface area (Å²) in [5.74, 6) is 0.575. The fourth-order valence-electron chi connectivity index (χ4n) is 4.61. The highest BCUT2D eigenvalue weighted by Crippen LogP contribution is 2.56. The van der Waals surface area contributed by atoms with Crippen LogP contribution in [0.5, 0.6) is 0 Å². The third-order valence-electron chi connectivity index (χ3n) is 4.40. The van der Waals surface area contributed by atoms with Crippen molar-refractivity contribution in [1.82, 2.24) is 0 Å². The lowest BCUT2D eigenvalue weighted by molar-refractivity contribution is -0.117. The summed E-state index contributed by atoms with van der Waals surface area (Å²) in [5.41, 5.74) is 6.80. The average molecular weight is 225 g/mol. The fourth-order valence-corrected chi connectivity index (χ4v) is 4.61. The third kappa shape index (κ3) is 2.14. The Hall–Kier alpha value is -0.0800. The van der Waals surface area contributed by atoms with Crippen LogP contribution in [0.1, 0.15) is 53.4 Å². The fraction of sp³-hybridized carbons (Fsp3) is 1.00. The van der Waals surface area contributed by atoms with Gasteiger partial charge in [-0.2, -0.15) is 0 Å². The zero-order valence-electron chi connectivity index (χ0n) is 11.3. The maximum Gasteiger partial charge on any atom is 0.0733 e. The van der Waals surface area contributed by atoms with Gasteiger partial charge in [0.25, 0.3) is 0 Å². The minimum absolute atomic E-state index is 0.0833. The summed E-state index contributed by atoms with van der Waals surface area (Å²) in [6.45, 7) is 11.2. The van der Waals surface area contributed by atoms with Gasteiger partial charge in [-0.1, -0.05) is 27.7 Å². The zero-order valence-corrected chi connectivity index (χ0v) is 11.3. The van der Waals surface area contributed by atoms with E-state index in [4.69, 9.17) is 10.5 Å². The number of hydrogen-bond acceptors (Lipinski definition) is 2. The Balaban J connectivity index is 2.27. The Morgan fingerprint density at radius 3 is 2.12 bits per heavy atom. The molecule has 0 aromatic carbocycles. The molecule has 1 aliphatic heterocycles. The van der Waals surface area contributed by atoms with E-state index in [1.54, 1.807) is 0 Å². The topological polar surface area (TPSA) is 35.2 Å². The van der Waals surface area contributed by atoms with Crippen LogP contribution in [0.25, 0.3) is 0 Å². The molecule has 2 aliphatic rings. The van der Waals surface area contributed by atoms with Gasteiger partial charge in [-0.3, -0.25) is 0 Å². The highest BCUT2D eigenvalue weighted by molar-refractivity contribution is 5.04. The van der Waals surface area contributed by atoms with Crippen molar-refractivity contribution in [3.8, 4) is 0 Å². The van der Waals surface area contributed by atoms with Gasteiger partial charge in [-0.05, 0) is 43.1 Å². The molecule has 2 nitrogen and oxygen atoms in total. The molecule has 0 bridgehead atoms. The van der Waals surface area contributed by atoms with E-state index in [0.29, 0.717) is 16.7 Å². The molecule has 2 N–H and O–H groups in total. The standard InChI is InChI=1S/C14H27NO/c1-12(2)8-13(3,4)10-14(9-12)11(7-15)5-6-16-14/h11H,5-10,15H2,1-4H3. The SMILES string of the molecule is CC1(C)CC(C)(C)CC2(C1)OCCC2CN. The van der Waals surface area contributed by atoms with Crippen molar-refractivity contribution in [3.63, 3.8) is 0 Å². The van der Waals surface area contributed by atoms with Crippen molar-refractivity contribution in [1.29, 1.82) is 0 Å². The van der Waals surface area contributed by atoms with E-state index >= 15 is 0 Å². The Morgan fingerprint density at radius 2 is 1.62 bits per heavy atom. The van der Waals surface area contributed by atoms with Crippen molar-refractivity contribution in [2.75, 3.05) is 13.2 Å². The number of rotatable bonds is 1. The van der Waals surface area contributed by atoms with Gasteiger partial charge in [-0.15, -0.1) is 0 Å². The van der Waals surface area contributed by atoms with Crippen LogP contribution in [0.4, 0.5) is 0 Å². The summed E-state index contributed by atoms with van der Waals surface area (Å²) < 4.78 is 6.18. The van der Waals surface area contributed by atoms with E-state index in [1.807, 2.05) is 0 Å². The van der Waals surface area contributed by atoms with Crippen LogP contribution in [-0.4, -0.2) is 18.8 Å². The largest absolute Gasteiger partial charge is 0.375 e. The van der Waals surface area contributed by atoms with E-state index < -0.39 is 0 Å². The molecule has 1 saturated heterocycles. The summed E-state index contributed by atoms with van der Waals surface area (Å²) in [6.07, 6.45) is 4.82. The smallest absolute Gasteiger partial charge is 0.0733 e. The van der Waals surface area contributed by atoms with Crippen molar-refractivity contribution >= 4 is 0 Å². The minimum atomic E-state index is 0.0833. The molecule has 1 aliphatic carbocycles. The Labute approximate surface area is 99.9 Å². The summed E-state index contributed by atoms with van der Waals surface area (Å²) in [6, 6.07) is 0. The molecule has 0 radical (unpaired) electrons. The van der Waals surface area contributed by atoms with Gasteiger partial charge < -0.3 is 10.5 Å². The van der Waals surface area contributed by atoms with Crippen molar-refractivity contribution in [3.05, 3.63) is 0 Å². The van der Waals surface area contributed by atoms with Gasteiger partial charge in [0.15, 0.2) is 0 Å². The van der Waals surface area contributed by atoms with Crippen LogP contribution in [0.15, 0.2) is 0 Å². The van der Waals surface area contributed by atoms with Crippen molar-refractivity contribution < 1.29 is 4.74 Å². The molecule has 2 fully saturated rings. The molecule has 2 heteroatoms. The molecule has 1 unspecified atom stereocenters. The molecular formula is C14H27NO. The molecule has 0 aromatic rings. The van der Waals surface area contributed by atoms with Gasteiger partial charge in [-0.25, -0.2) is 0 Å². The first-order chi connectivity index (χ1) is 7.29. The van der Waals surface area contributed by atoms with Gasteiger partial charge in [0.2, 0.25) is 0 Å². The summed E-state index contributed by atoms with van der Waals surface area (Å²) in [5, 5.41) is 0. The molecule has 94 valence electrons. The molecule has 0 amide bonds. The first-order valence-corrected chi connectivity index (χ1v) is 6.63. The van der Waals surface area contributed by atoms with Crippen molar-refractivity contribution in [2.45, 2.75) is 59.0 Å². The first-order valence-electron chi connectivity index (χ1n) is 6.63. The monoisotopic (exact) mass is 225 g/mol. The maximum absolute atomic E-state index is 6.18. The molecule has 1 atom stereocenters. The van der Waals surface area contributed by atoms with Gasteiger partial charge >= 0.3 is 0 Å². The van der Waals surface area contributed by atoms with Crippen LogP contribution in [-0.2, 0) is 4.74 Å². The average Bonchev–Trinajstić information content (AvgIpc) is 2.40. The molecule has 16 heavy (non-hydrogen) atoms. The van der Waals surface area contributed by atoms with Gasteiger partial charge in [0.1, 0.15) is 0 Å². The van der Waals surface area contributed by atoms with E-state index in [9.17, 15) is 0 Å². The lowest BCUT2D eigenvalue weighted by Crippen LogP contribution is -2.50. The quantitative estimate of drug-likeness (QED) is 0.744. The molecular weight excluding hydrogens is 198 g/mol. The summed E-state index contributed by atoms with van der Waals surface area (Å²) in [4.78, 5) is 0. The normalized spacial score (nSPS) is 35.4. The maximum atomic E-state index is 6.18. The Morgan fingerprint density at radius 1 is 1.06 bits per heavy atom. The van der Waals surface area contributed by atoms with E-state index in [1.165, 1.54) is 19.3 Å². The number of ether oxygens (including phenoxy) is 1. The van der Waals surface area contributed by atoms with E-state index in [0.717, 1.165) is 19.6 Å². The van der Waals surface area contributed by atoms with Gasteiger partial charge in [0, 0.05) is 12.5 Å². The Bertz CT molecular complexity index is 254. The number of hydrogen-bond donors (Lipinski definition) is 1. The first kappa shape index (κ1) is 12.4. The molecule has 2 rings (SSSR count). The van der Waals surface area contributed by atoms with Crippen LogP contribution >= 0.6 is 0 Å². The zero-order chi connectivity index (χ0) is 12.0. The van der Waals surface area contributed by atoms with Crippen LogP contribution in [0.2, 0.25) is 0 Å². The second-order valence-electron chi connectivity index (χ2n) is 7.49. The second kappa shape index (κ2) is 3.71. The van der Waals surface area contributed by atoms with Crippen LogP contribution < -0.4 is 5.73 Å². The lowest BCUT2D eigenvalue weighted by Gasteiger charge is -2.52. The van der Waals surface area contributed by atoms with Crippen molar-refractivity contribution in [2.24, 2.45) is 22.5 Å². The second-order valence-corrected chi connectivity index (χ2v) is 7.49. The summed E-state index contributed by atoms with van der Waals surface area (Å²) in [7, 11) is 0. The molecule has 1 saturated carbocycles. The highest BCUT2D eigenvalue weighted by atomic mass is 16.5. The van der Waals surface area contributed by atoms with E-state index in [-0.39, 0.29) is 5.60 Å². The predicted octanol–water partition coefficient (Wildman–Crippen LogP) is 2.96. The minimum Gasteiger partial charge on any atom is -0.375 e. The van der Waals surface area contributed by atoms with Crippen LogP contribution in [0, 0.1) is 16.7 Å². The summed E-state index contributed by atoms with van der Waals surface area (Å²) >= 11 is 0. The van der Waals surface area contributed by atoms with Crippen LogP contribution in [0.3, 0.4) is 0 Å². The molecule has 1 spiro atoms. The lowest BCUT2D eigenvalue weighted by atomic mass is 9.57. The van der Waals surface area contributed by atoms with E-state index in [2.05, 4.69) is 27.7 Å². The molecule has 1 heterocycles.